The number of nitrogens with two attached hydrogens (primary N) is 1. The quantitative estimate of drug-likeness (QED) is 0.574. The van der Waals surface area contributed by atoms with Crippen molar-refractivity contribution in [3.05, 3.63) is 28.0 Å². The number of anilines is 2. The molecule has 0 bridgehead atoms. The van der Waals surface area contributed by atoms with E-state index in [1.807, 2.05) is 27.0 Å². The van der Waals surface area contributed by atoms with Gasteiger partial charge in [-0.15, -0.1) is 11.3 Å². The molecule has 0 aromatic carbocycles. The maximum absolute atomic E-state index is 5.42. The molecule has 2 aromatic heterocycles. The van der Waals surface area contributed by atoms with Crippen LogP contribution in [0.5, 0.6) is 0 Å². The van der Waals surface area contributed by atoms with Gasteiger partial charge < -0.3 is 10.7 Å². The molecule has 0 aliphatic rings. The summed E-state index contributed by atoms with van der Waals surface area (Å²) in [4.78, 5) is 14.2. The molecule has 0 aliphatic carbocycles. The summed E-state index contributed by atoms with van der Waals surface area (Å²) in [6.07, 6.45) is 1.87. The van der Waals surface area contributed by atoms with Gasteiger partial charge in [0, 0.05) is 23.1 Å². The van der Waals surface area contributed by atoms with Crippen molar-refractivity contribution in [3.63, 3.8) is 0 Å². The second-order valence-electron chi connectivity index (χ2n) is 4.49. The minimum atomic E-state index is 0.250. The zero-order chi connectivity index (χ0) is 13.8. The van der Waals surface area contributed by atoms with E-state index in [-0.39, 0.29) is 5.92 Å². The molecule has 0 unspecified atom stereocenters. The highest BCUT2D eigenvalue weighted by atomic mass is 32.1. The Morgan fingerprint density at radius 3 is 2.63 bits per heavy atom. The summed E-state index contributed by atoms with van der Waals surface area (Å²) >= 11 is 1.67. The van der Waals surface area contributed by atoms with E-state index < -0.39 is 0 Å². The fourth-order valence-electron chi connectivity index (χ4n) is 1.55. The highest BCUT2D eigenvalue weighted by Gasteiger charge is 2.08. The SMILES string of the molecule is Cc1ncc(CNc2cc(NN)nc(C(C)C)n2)s1. The van der Waals surface area contributed by atoms with Gasteiger partial charge in [0.1, 0.15) is 17.5 Å². The van der Waals surface area contributed by atoms with Crippen LogP contribution in [0.1, 0.15) is 35.5 Å². The summed E-state index contributed by atoms with van der Waals surface area (Å²) in [5, 5.41) is 4.33. The Labute approximate surface area is 116 Å². The standard InChI is InChI=1S/C12H18N6S/c1-7(2)12-16-10(4-11(17-12)18-13)15-6-9-5-14-8(3)19-9/h4-5,7H,6,13H2,1-3H3,(H2,15,16,17,18). The highest BCUT2D eigenvalue weighted by molar-refractivity contribution is 7.11. The maximum atomic E-state index is 5.42. The Morgan fingerprint density at radius 1 is 1.32 bits per heavy atom. The van der Waals surface area contributed by atoms with Crippen molar-refractivity contribution < 1.29 is 0 Å². The number of rotatable bonds is 5. The molecule has 0 atom stereocenters. The molecular weight excluding hydrogens is 260 g/mol. The fraction of sp³-hybridized carbons (Fsp3) is 0.417. The van der Waals surface area contributed by atoms with Crippen LogP contribution in [-0.2, 0) is 6.54 Å². The Morgan fingerprint density at radius 2 is 2.05 bits per heavy atom. The molecule has 2 rings (SSSR count). The molecule has 102 valence electrons. The number of nitrogen functional groups attached to an aromatic ring is 1. The van der Waals surface area contributed by atoms with Crippen LogP contribution in [0.15, 0.2) is 12.3 Å². The van der Waals surface area contributed by atoms with E-state index in [9.17, 15) is 0 Å². The zero-order valence-corrected chi connectivity index (χ0v) is 12.1. The van der Waals surface area contributed by atoms with Crippen LogP contribution in [0, 0.1) is 6.92 Å². The molecular formula is C12H18N6S. The highest BCUT2D eigenvalue weighted by Crippen LogP contribution is 2.18. The molecule has 0 spiro atoms. The fourth-order valence-corrected chi connectivity index (χ4v) is 2.29. The van der Waals surface area contributed by atoms with Gasteiger partial charge in [-0.05, 0) is 6.92 Å². The molecule has 0 fully saturated rings. The van der Waals surface area contributed by atoms with Gasteiger partial charge in [0.05, 0.1) is 11.6 Å². The average molecular weight is 278 g/mol. The molecule has 7 heteroatoms. The number of aryl methyl sites for hydroxylation is 1. The van der Waals surface area contributed by atoms with E-state index in [0.29, 0.717) is 12.4 Å². The van der Waals surface area contributed by atoms with Gasteiger partial charge in [0.2, 0.25) is 0 Å². The third-order valence-corrected chi connectivity index (χ3v) is 3.43. The van der Waals surface area contributed by atoms with Gasteiger partial charge in [-0.3, -0.25) is 0 Å². The first-order chi connectivity index (χ1) is 9.08. The Kier molecular flexibility index (Phi) is 4.28. The van der Waals surface area contributed by atoms with Crippen LogP contribution < -0.4 is 16.6 Å². The molecule has 0 amide bonds. The molecule has 0 saturated carbocycles. The monoisotopic (exact) mass is 278 g/mol. The molecule has 0 saturated heterocycles. The lowest BCUT2D eigenvalue weighted by atomic mass is 10.2. The summed E-state index contributed by atoms with van der Waals surface area (Å²) in [6.45, 7) is 6.79. The van der Waals surface area contributed by atoms with Crippen LogP contribution in [0.2, 0.25) is 0 Å². The van der Waals surface area contributed by atoms with E-state index in [1.54, 1.807) is 17.4 Å². The second kappa shape index (κ2) is 5.94. The van der Waals surface area contributed by atoms with E-state index in [1.165, 1.54) is 4.88 Å². The van der Waals surface area contributed by atoms with E-state index in [0.717, 1.165) is 16.6 Å². The van der Waals surface area contributed by atoms with Crippen LogP contribution in [0.4, 0.5) is 11.6 Å². The van der Waals surface area contributed by atoms with Crippen molar-refractivity contribution in [2.24, 2.45) is 5.84 Å². The zero-order valence-electron chi connectivity index (χ0n) is 11.3. The van der Waals surface area contributed by atoms with Crippen LogP contribution in [0.3, 0.4) is 0 Å². The second-order valence-corrected chi connectivity index (χ2v) is 5.81. The Balaban J connectivity index is 2.12. The number of thiazole rings is 1. The predicted octanol–water partition coefficient (Wildman–Crippen LogP) is 2.26. The maximum Gasteiger partial charge on any atom is 0.145 e. The minimum absolute atomic E-state index is 0.250. The third-order valence-electron chi connectivity index (χ3n) is 2.52. The molecule has 4 N–H and O–H groups in total. The van der Waals surface area contributed by atoms with Gasteiger partial charge in [0.25, 0.3) is 0 Å². The van der Waals surface area contributed by atoms with Crippen molar-refractivity contribution in [3.8, 4) is 0 Å². The van der Waals surface area contributed by atoms with E-state index in [4.69, 9.17) is 5.84 Å². The molecule has 19 heavy (non-hydrogen) atoms. The van der Waals surface area contributed by atoms with Crippen molar-refractivity contribution in [1.29, 1.82) is 0 Å². The van der Waals surface area contributed by atoms with Gasteiger partial charge in [-0.25, -0.2) is 20.8 Å². The number of hydrazine groups is 1. The summed E-state index contributed by atoms with van der Waals surface area (Å²) < 4.78 is 0. The normalized spacial score (nSPS) is 10.8. The lowest BCUT2D eigenvalue weighted by molar-refractivity contribution is 0.775. The van der Waals surface area contributed by atoms with Gasteiger partial charge in [-0.1, -0.05) is 13.8 Å². The lowest BCUT2D eigenvalue weighted by Crippen LogP contribution is -2.12. The molecule has 6 nitrogen and oxygen atoms in total. The topological polar surface area (TPSA) is 88.8 Å². The van der Waals surface area contributed by atoms with Crippen molar-refractivity contribution in [2.75, 3.05) is 10.7 Å². The van der Waals surface area contributed by atoms with Gasteiger partial charge >= 0.3 is 0 Å². The van der Waals surface area contributed by atoms with Gasteiger partial charge in [0.15, 0.2) is 0 Å². The lowest BCUT2D eigenvalue weighted by Gasteiger charge is -2.10. The van der Waals surface area contributed by atoms with Crippen molar-refractivity contribution in [2.45, 2.75) is 33.2 Å². The third kappa shape index (κ3) is 3.62. The summed E-state index contributed by atoms with van der Waals surface area (Å²) in [5.74, 6) is 7.81. The average Bonchev–Trinajstić information content (AvgIpc) is 2.81. The first kappa shape index (κ1) is 13.7. The molecule has 2 aromatic rings. The summed E-state index contributed by atoms with van der Waals surface area (Å²) in [7, 11) is 0. The Bertz CT molecular complexity index is 551. The van der Waals surface area contributed by atoms with Crippen LogP contribution in [0.25, 0.3) is 0 Å². The smallest absolute Gasteiger partial charge is 0.145 e. The number of hydrogen-bond acceptors (Lipinski definition) is 7. The number of hydrogen-bond donors (Lipinski definition) is 3. The first-order valence-corrected chi connectivity index (χ1v) is 6.91. The summed E-state index contributed by atoms with van der Waals surface area (Å²) in [6, 6.07) is 1.79. The first-order valence-electron chi connectivity index (χ1n) is 6.09. The van der Waals surface area contributed by atoms with Gasteiger partial charge in [-0.2, -0.15) is 0 Å². The van der Waals surface area contributed by atoms with Crippen LogP contribution >= 0.6 is 11.3 Å². The molecule has 0 radical (unpaired) electrons. The number of aromatic nitrogens is 3. The van der Waals surface area contributed by atoms with Crippen LogP contribution in [-0.4, -0.2) is 15.0 Å². The van der Waals surface area contributed by atoms with E-state index in [2.05, 4.69) is 25.7 Å². The predicted molar refractivity (Wildman–Crippen MR) is 78.1 cm³/mol. The number of nitrogens with zero attached hydrogens (tertiary/aromatic N) is 3. The summed E-state index contributed by atoms with van der Waals surface area (Å²) in [5.41, 5.74) is 2.56. The Hall–Kier alpha value is -1.73. The minimum Gasteiger partial charge on any atom is -0.365 e. The number of nitrogens with one attached hydrogen (secondary N) is 2. The molecule has 2 heterocycles. The largest absolute Gasteiger partial charge is 0.365 e. The van der Waals surface area contributed by atoms with Crippen molar-refractivity contribution >= 4 is 23.0 Å². The van der Waals surface area contributed by atoms with Crippen molar-refractivity contribution in [1.82, 2.24) is 15.0 Å². The molecule has 0 aliphatic heterocycles. The van der Waals surface area contributed by atoms with E-state index >= 15 is 0 Å².